The van der Waals surface area contributed by atoms with Crippen molar-refractivity contribution in [2.24, 2.45) is 0 Å². The summed E-state index contributed by atoms with van der Waals surface area (Å²) in [6, 6.07) is 17.2. The summed E-state index contributed by atoms with van der Waals surface area (Å²) in [5, 5.41) is 8.67. The molecule has 0 aliphatic carbocycles. The summed E-state index contributed by atoms with van der Waals surface area (Å²) in [5.41, 5.74) is 0.763. The zero-order valence-corrected chi connectivity index (χ0v) is 19.6. The Morgan fingerprint density at radius 1 is 1.09 bits per heavy atom. The number of nitrogens with zero attached hydrogens (tertiary/aromatic N) is 4. The van der Waals surface area contributed by atoms with E-state index in [-0.39, 0.29) is 23.8 Å². The molecule has 1 amide bonds. The molecule has 0 saturated heterocycles. The van der Waals surface area contributed by atoms with Crippen LogP contribution < -0.4 is 15.3 Å². The predicted octanol–water partition coefficient (Wildman–Crippen LogP) is 3.50. The molecule has 0 bridgehead atoms. The average molecular weight is 456 g/mol. The van der Waals surface area contributed by atoms with Gasteiger partial charge in [-0.1, -0.05) is 48.2 Å². The van der Waals surface area contributed by atoms with Crippen LogP contribution >= 0.6 is 11.8 Å². The number of nitrogens with two attached hydrogens (primary N) is 1. The first-order chi connectivity index (χ1) is 15.3. The number of aromatic nitrogens is 3. The standard InChI is InChI=1S/C23H29N5O3S/c1-23(2,3)27(14-17-9-6-5-7-10-17)21(29)16-32-22-26-25-20(28(22)24)15-31-19-12-8-11-18(13-19)30-4/h5-13H,14-16,24H2,1-4H3. The molecule has 0 saturated carbocycles. The molecule has 170 valence electrons. The molecular formula is C23H29N5O3S. The topological polar surface area (TPSA) is 95.5 Å². The van der Waals surface area contributed by atoms with Gasteiger partial charge in [0.1, 0.15) is 18.1 Å². The first kappa shape index (κ1) is 23.5. The molecule has 0 unspecified atom stereocenters. The van der Waals surface area contributed by atoms with Crippen LogP contribution in [0.3, 0.4) is 0 Å². The summed E-state index contributed by atoms with van der Waals surface area (Å²) in [7, 11) is 1.60. The van der Waals surface area contributed by atoms with E-state index in [0.717, 1.165) is 5.56 Å². The Balaban J connectivity index is 1.60. The maximum atomic E-state index is 13.0. The Labute approximate surface area is 192 Å². The van der Waals surface area contributed by atoms with Gasteiger partial charge in [-0.25, -0.2) is 4.68 Å². The Morgan fingerprint density at radius 3 is 2.50 bits per heavy atom. The fourth-order valence-electron chi connectivity index (χ4n) is 3.01. The second kappa shape index (κ2) is 10.4. The summed E-state index contributed by atoms with van der Waals surface area (Å²) in [5.74, 6) is 8.14. The molecule has 0 spiro atoms. The van der Waals surface area contributed by atoms with Crippen LogP contribution in [-0.4, -0.2) is 44.1 Å². The number of thioether (sulfide) groups is 1. The number of methoxy groups -OCH3 is 1. The largest absolute Gasteiger partial charge is 0.497 e. The van der Waals surface area contributed by atoms with Crippen LogP contribution in [0.4, 0.5) is 0 Å². The molecule has 0 atom stereocenters. The second-order valence-corrected chi connectivity index (χ2v) is 9.10. The van der Waals surface area contributed by atoms with Crippen molar-refractivity contribution in [3.63, 3.8) is 0 Å². The number of carbonyl (C=O) groups excluding carboxylic acids is 1. The van der Waals surface area contributed by atoms with E-state index in [9.17, 15) is 4.79 Å². The lowest BCUT2D eigenvalue weighted by Gasteiger charge is -2.36. The lowest BCUT2D eigenvalue weighted by molar-refractivity contribution is -0.133. The van der Waals surface area contributed by atoms with E-state index in [1.54, 1.807) is 13.2 Å². The van der Waals surface area contributed by atoms with Gasteiger partial charge < -0.3 is 20.2 Å². The highest BCUT2D eigenvalue weighted by atomic mass is 32.2. The van der Waals surface area contributed by atoms with Crippen molar-refractivity contribution in [2.45, 2.75) is 44.6 Å². The van der Waals surface area contributed by atoms with Gasteiger partial charge in [0.25, 0.3) is 0 Å². The monoisotopic (exact) mass is 455 g/mol. The van der Waals surface area contributed by atoms with Gasteiger partial charge in [0.05, 0.1) is 12.9 Å². The molecule has 0 radical (unpaired) electrons. The van der Waals surface area contributed by atoms with E-state index < -0.39 is 0 Å². The van der Waals surface area contributed by atoms with Crippen molar-refractivity contribution in [2.75, 3.05) is 18.7 Å². The maximum Gasteiger partial charge on any atom is 0.233 e. The van der Waals surface area contributed by atoms with Crippen molar-refractivity contribution in [1.29, 1.82) is 0 Å². The van der Waals surface area contributed by atoms with Gasteiger partial charge in [0.2, 0.25) is 11.1 Å². The number of carbonyl (C=O) groups is 1. The van der Waals surface area contributed by atoms with Gasteiger partial charge in [-0.2, -0.15) is 0 Å². The molecule has 2 N–H and O–H groups in total. The Kier molecular flexibility index (Phi) is 7.63. The highest BCUT2D eigenvalue weighted by Crippen LogP contribution is 2.23. The zero-order valence-electron chi connectivity index (χ0n) is 18.8. The molecule has 32 heavy (non-hydrogen) atoms. The van der Waals surface area contributed by atoms with Crippen molar-refractivity contribution in [1.82, 2.24) is 19.8 Å². The maximum absolute atomic E-state index is 13.0. The molecule has 1 heterocycles. The van der Waals surface area contributed by atoms with Crippen LogP contribution in [0, 0.1) is 0 Å². The van der Waals surface area contributed by atoms with Gasteiger partial charge in [-0.15, -0.1) is 10.2 Å². The van der Waals surface area contributed by atoms with Gasteiger partial charge in [0.15, 0.2) is 5.82 Å². The number of hydrogen-bond acceptors (Lipinski definition) is 7. The summed E-state index contributed by atoms with van der Waals surface area (Å²) in [4.78, 5) is 14.9. The fourth-order valence-corrected chi connectivity index (χ4v) is 3.76. The predicted molar refractivity (Wildman–Crippen MR) is 125 cm³/mol. The normalized spacial score (nSPS) is 11.2. The van der Waals surface area contributed by atoms with E-state index in [1.807, 2.05) is 74.2 Å². The van der Waals surface area contributed by atoms with E-state index in [0.29, 0.717) is 29.0 Å². The summed E-state index contributed by atoms with van der Waals surface area (Å²) < 4.78 is 12.3. The molecule has 0 fully saturated rings. The molecule has 8 nitrogen and oxygen atoms in total. The van der Waals surface area contributed by atoms with Crippen molar-refractivity contribution < 1.29 is 14.3 Å². The highest BCUT2D eigenvalue weighted by Gasteiger charge is 2.27. The van der Waals surface area contributed by atoms with Gasteiger partial charge in [-0.05, 0) is 38.5 Å². The number of amides is 1. The van der Waals surface area contributed by atoms with Crippen molar-refractivity contribution in [3.8, 4) is 11.5 Å². The van der Waals surface area contributed by atoms with Gasteiger partial charge in [-0.3, -0.25) is 4.79 Å². The van der Waals surface area contributed by atoms with E-state index in [4.69, 9.17) is 15.3 Å². The summed E-state index contributed by atoms with van der Waals surface area (Å²) in [6.45, 7) is 6.76. The zero-order chi connectivity index (χ0) is 23.1. The first-order valence-corrected chi connectivity index (χ1v) is 11.2. The number of ether oxygens (including phenoxy) is 2. The Bertz CT molecular complexity index is 1030. The van der Waals surface area contributed by atoms with Crippen LogP contribution in [0.25, 0.3) is 0 Å². The minimum atomic E-state index is -0.320. The average Bonchev–Trinajstić information content (AvgIpc) is 3.13. The van der Waals surface area contributed by atoms with E-state index in [1.165, 1.54) is 16.4 Å². The number of rotatable bonds is 9. The molecule has 0 aliphatic rings. The van der Waals surface area contributed by atoms with Gasteiger partial charge in [0, 0.05) is 18.2 Å². The van der Waals surface area contributed by atoms with Crippen LogP contribution in [0.2, 0.25) is 0 Å². The Hall–Kier alpha value is -3.20. The SMILES string of the molecule is COc1cccc(OCc2nnc(SCC(=O)N(Cc3ccccc3)C(C)(C)C)n2N)c1. The smallest absolute Gasteiger partial charge is 0.233 e. The number of hydrogen-bond donors (Lipinski definition) is 1. The third-order valence-electron chi connectivity index (χ3n) is 4.76. The lowest BCUT2D eigenvalue weighted by atomic mass is 10.0. The van der Waals surface area contributed by atoms with E-state index >= 15 is 0 Å². The van der Waals surface area contributed by atoms with Crippen molar-refractivity contribution >= 4 is 17.7 Å². The second-order valence-electron chi connectivity index (χ2n) is 8.16. The minimum absolute atomic E-state index is 0.00327. The molecular weight excluding hydrogens is 426 g/mol. The quantitative estimate of drug-likeness (QED) is 0.390. The van der Waals surface area contributed by atoms with Crippen LogP contribution in [0.15, 0.2) is 59.8 Å². The molecule has 3 rings (SSSR count). The highest BCUT2D eigenvalue weighted by molar-refractivity contribution is 7.99. The van der Waals surface area contributed by atoms with E-state index in [2.05, 4.69) is 10.2 Å². The summed E-state index contributed by atoms with van der Waals surface area (Å²) in [6.07, 6.45) is 0. The lowest BCUT2D eigenvalue weighted by Crippen LogP contribution is -2.46. The van der Waals surface area contributed by atoms with Gasteiger partial charge >= 0.3 is 0 Å². The number of benzene rings is 2. The third-order valence-corrected chi connectivity index (χ3v) is 5.69. The minimum Gasteiger partial charge on any atom is -0.497 e. The van der Waals surface area contributed by atoms with Crippen LogP contribution in [-0.2, 0) is 17.9 Å². The molecule has 1 aromatic heterocycles. The van der Waals surface area contributed by atoms with Crippen molar-refractivity contribution in [3.05, 3.63) is 66.0 Å². The first-order valence-electron chi connectivity index (χ1n) is 10.2. The molecule has 0 aliphatic heterocycles. The van der Waals surface area contributed by atoms with Crippen LogP contribution in [0.5, 0.6) is 11.5 Å². The van der Waals surface area contributed by atoms with Crippen LogP contribution in [0.1, 0.15) is 32.2 Å². The molecule has 3 aromatic rings. The molecule has 9 heteroatoms. The third kappa shape index (κ3) is 6.16. The Morgan fingerprint density at radius 2 is 1.81 bits per heavy atom. The summed E-state index contributed by atoms with van der Waals surface area (Å²) >= 11 is 1.26. The fraction of sp³-hybridized carbons (Fsp3) is 0.348. The number of nitrogen functional groups attached to an aromatic ring is 1. The molecule has 2 aromatic carbocycles.